The van der Waals surface area contributed by atoms with Crippen molar-refractivity contribution in [3.63, 3.8) is 0 Å². The van der Waals surface area contributed by atoms with Crippen LogP contribution in [-0.2, 0) is 20.2 Å². The van der Waals surface area contributed by atoms with Crippen LogP contribution < -0.4 is 22.3 Å². The summed E-state index contributed by atoms with van der Waals surface area (Å²) in [5.74, 6) is 0. The lowest BCUT2D eigenvalue weighted by Crippen LogP contribution is -2.13. The molecule has 0 saturated carbocycles. The van der Waals surface area contributed by atoms with Crippen LogP contribution in [0.5, 0.6) is 0 Å². The number of anilines is 4. The summed E-state index contributed by atoms with van der Waals surface area (Å²) in [4.78, 5) is -0.954. The van der Waals surface area contributed by atoms with E-state index in [2.05, 4.69) is 10.9 Å². The average molecular weight is 372 g/mol. The summed E-state index contributed by atoms with van der Waals surface area (Å²) >= 11 is 0. The predicted octanol–water partition coefficient (Wildman–Crippen LogP) is 0.0982. The third kappa shape index (κ3) is 4.05. The van der Waals surface area contributed by atoms with E-state index >= 15 is 0 Å². The molecule has 2 aromatic rings. The van der Waals surface area contributed by atoms with Crippen LogP contribution in [0.25, 0.3) is 0 Å². The smallest absolute Gasteiger partial charge is 0.124 e. The number of rotatable bonds is 5. The van der Waals surface area contributed by atoms with E-state index in [-0.39, 0.29) is 22.7 Å². The molecule has 0 bridgehead atoms. The summed E-state index contributed by atoms with van der Waals surface area (Å²) in [6.07, 6.45) is 0. The lowest BCUT2D eigenvalue weighted by Gasteiger charge is -2.16. The Morgan fingerprint density at radius 1 is 0.708 bits per heavy atom. The van der Waals surface area contributed by atoms with Crippen molar-refractivity contribution in [2.24, 2.45) is 0 Å². The Labute approximate surface area is 137 Å². The van der Waals surface area contributed by atoms with E-state index in [4.69, 9.17) is 11.5 Å². The van der Waals surface area contributed by atoms with Crippen molar-refractivity contribution in [2.75, 3.05) is 22.3 Å². The molecule has 0 aliphatic carbocycles. The molecular weight excluding hydrogens is 360 g/mol. The molecule has 24 heavy (non-hydrogen) atoms. The van der Waals surface area contributed by atoms with Crippen LogP contribution >= 0.6 is 0 Å². The molecule has 6 N–H and O–H groups in total. The van der Waals surface area contributed by atoms with Crippen molar-refractivity contribution in [1.29, 1.82) is 0 Å². The molecule has 0 aliphatic rings. The monoisotopic (exact) mass is 372 g/mol. The summed E-state index contributed by atoms with van der Waals surface area (Å²) in [6.45, 7) is 0. The van der Waals surface area contributed by atoms with Crippen LogP contribution in [0, 0.1) is 0 Å². The minimum absolute atomic E-state index is 0.0169. The van der Waals surface area contributed by atoms with Gasteiger partial charge in [0.2, 0.25) is 0 Å². The maximum absolute atomic E-state index is 10.9. The van der Waals surface area contributed by atoms with Gasteiger partial charge in [-0.3, -0.25) is 10.9 Å². The molecule has 130 valence electrons. The summed E-state index contributed by atoms with van der Waals surface area (Å²) in [5, 5.41) is 0. The molecule has 0 atom stereocenters. The van der Waals surface area contributed by atoms with Crippen molar-refractivity contribution >= 4 is 43.0 Å². The van der Waals surface area contributed by atoms with Gasteiger partial charge in [-0.15, -0.1) is 0 Å². The number of nitrogen functional groups attached to an aromatic ring is 2. The second-order valence-corrected chi connectivity index (χ2v) is 7.42. The standard InChI is InChI=1S/C12H14N4O6S2/c13-9-5-7(23(17,18)19)1-3-11(9)15-16-12-4-2-8(6-10(12)14)24(20,21)22/h1-6,15-16H,13-14H2,(H,17,18,19)(H,20,21,22)/p-2. The lowest BCUT2D eigenvalue weighted by atomic mass is 10.2. The second kappa shape index (κ2) is 6.16. The van der Waals surface area contributed by atoms with Gasteiger partial charge in [0.25, 0.3) is 0 Å². The van der Waals surface area contributed by atoms with Crippen LogP contribution in [0.1, 0.15) is 0 Å². The van der Waals surface area contributed by atoms with Crippen LogP contribution in [0.2, 0.25) is 0 Å². The van der Waals surface area contributed by atoms with E-state index in [1.165, 1.54) is 12.1 Å². The summed E-state index contributed by atoms with van der Waals surface area (Å²) in [7, 11) is -9.24. The summed E-state index contributed by atoms with van der Waals surface area (Å²) in [5.41, 5.74) is 17.0. The van der Waals surface area contributed by atoms with Gasteiger partial charge in [-0.1, -0.05) is 0 Å². The lowest BCUT2D eigenvalue weighted by molar-refractivity contribution is 0.461. The minimum Gasteiger partial charge on any atom is -0.744 e. The van der Waals surface area contributed by atoms with Crippen LogP contribution in [0.4, 0.5) is 22.7 Å². The van der Waals surface area contributed by atoms with Crippen molar-refractivity contribution in [2.45, 2.75) is 9.79 Å². The van der Waals surface area contributed by atoms with Gasteiger partial charge in [-0.25, -0.2) is 16.8 Å². The minimum atomic E-state index is -4.62. The first-order chi connectivity index (χ1) is 11.0. The van der Waals surface area contributed by atoms with Crippen molar-refractivity contribution in [1.82, 2.24) is 0 Å². The summed E-state index contributed by atoms with van der Waals surface area (Å²) in [6, 6.07) is 6.64. The summed E-state index contributed by atoms with van der Waals surface area (Å²) < 4.78 is 65.4. The molecule has 0 saturated heterocycles. The molecule has 0 aromatic heterocycles. The first-order valence-electron chi connectivity index (χ1n) is 6.21. The number of nitrogens with two attached hydrogens (primary N) is 2. The first kappa shape index (κ1) is 17.8. The molecule has 2 rings (SSSR count). The first-order valence-corrected chi connectivity index (χ1v) is 9.03. The largest absolute Gasteiger partial charge is 0.744 e. The van der Waals surface area contributed by atoms with E-state index in [1.54, 1.807) is 0 Å². The van der Waals surface area contributed by atoms with Gasteiger partial charge in [0.05, 0.1) is 32.5 Å². The molecule has 0 spiro atoms. The Morgan fingerprint density at radius 2 is 1.04 bits per heavy atom. The van der Waals surface area contributed by atoms with E-state index < -0.39 is 30.0 Å². The highest BCUT2D eigenvalue weighted by Crippen LogP contribution is 2.25. The number of benzene rings is 2. The van der Waals surface area contributed by atoms with Crippen LogP contribution in [0.3, 0.4) is 0 Å². The molecule has 0 unspecified atom stereocenters. The molecule has 12 heteroatoms. The zero-order chi connectivity index (χ0) is 18.1. The molecule has 0 fully saturated rings. The predicted molar refractivity (Wildman–Crippen MR) is 84.9 cm³/mol. The van der Waals surface area contributed by atoms with E-state index in [0.717, 1.165) is 24.3 Å². The van der Waals surface area contributed by atoms with Gasteiger partial charge in [-0.2, -0.15) is 0 Å². The highest BCUT2D eigenvalue weighted by atomic mass is 32.2. The number of hydrogen-bond donors (Lipinski definition) is 4. The third-order valence-corrected chi connectivity index (χ3v) is 4.62. The average Bonchev–Trinajstić information content (AvgIpc) is 2.45. The van der Waals surface area contributed by atoms with Crippen LogP contribution in [0.15, 0.2) is 46.2 Å². The Morgan fingerprint density at radius 3 is 1.29 bits per heavy atom. The SMILES string of the molecule is Nc1cc(S(=O)(=O)[O-])ccc1NNc1ccc(S(=O)(=O)[O-])cc1N. The van der Waals surface area contributed by atoms with Gasteiger partial charge < -0.3 is 20.6 Å². The van der Waals surface area contributed by atoms with Crippen molar-refractivity contribution < 1.29 is 25.9 Å². The zero-order valence-corrected chi connectivity index (χ0v) is 13.5. The molecule has 0 radical (unpaired) electrons. The Hall–Kier alpha value is -2.54. The zero-order valence-electron chi connectivity index (χ0n) is 11.9. The van der Waals surface area contributed by atoms with Gasteiger partial charge >= 0.3 is 0 Å². The fraction of sp³-hybridized carbons (Fsp3) is 0. The molecule has 2 aromatic carbocycles. The molecular formula is C12H12N4O6S2-2. The molecule has 0 amide bonds. The Balaban J connectivity index is 2.20. The van der Waals surface area contributed by atoms with Gasteiger partial charge in [0.1, 0.15) is 20.2 Å². The second-order valence-electron chi connectivity index (χ2n) is 4.66. The van der Waals surface area contributed by atoms with Gasteiger partial charge in [0.15, 0.2) is 0 Å². The highest BCUT2D eigenvalue weighted by molar-refractivity contribution is 7.86. The number of hydrazine groups is 1. The highest BCUT2D eigenvalue weighted by Gasteiger charge is 2.08. The molecule has 0 aliphatic heterocycles. The van der Waals surface area contributed by atoms with Gasteiger partial charge in [-0.05, 0) is 36.4 Å². The van der Waals surface area contributed by atoms with E-state index in [9.17, 15) is 25.9 Å². The fourth-order valence-corrected chi connectivity index (χ4v) is 2.77. The van der Waals surface area contributed by atoms with E-state index in [1.807, 2.05) is 0 Å². The fourth-order valence-electron chi connectivity index (χ4n) is 1.75. The van der Waals surface area contributed by atoms with E-state index in [0.29, 0.717) is 0 Å². The molecule has 10 nitrogen and oxygen atoms in total. The number of nitrogens with one attached hydrogen (secondary N) is 2. The van der Waals surface area contributed by atoms with Crippen molar-refractivity contribution in [3.8, 4) is 0 Å². The Bertz CT molecular complexity index is 907. The van der Waals surface area contributed by atoms with Crippen LogP contribution in [-0.4, -0.2) is 25.9 Å². The third-order valence-electron chi connectivity index (χ3n) is 2.96. The normalized spacial score (nSPS) is 11.9. The topological polar surface area (TPSA) is 190 Å². The maximum Gasteiger partial charge on any atom is 0.124 e. The van der Waals surface area contributed by atoms with Crippen molar-refractivity contribution in [3.05, 3.63) is 36.4 Å². The van der Waals surface area contributed by atoms with Gasteiger partial charge in [0, 0.05) is 0 Å². The maximum atomic E-state index is 10.9. The number of hydrogen-bond acceptors (Lipinski definition) is 10. The quantitative estimate of drug-likeness (QED) is 0.318. The molecule has 0 heterocycles. The Kier molecular flexibility index (Phi) is 4.57.